The molecule has 1 aromatic rings. The molecule has 0 bridgehead atoms. The lowest BCUT2D eigenvalue weighted by Crippen LogP contribution is -2.06. The Labute approximate surface area is 74.4 Å². The number of rotatable bonds is 4. The van der Waals surface area contributed by atoms with E-state index in [0.29, 0.717) is 12.1 Å². The van der Waals surface area contributed by atoms with Crippen molar-refractivity contribution in [2.75, 3.05) is 0 Å². The summed E-state index contributed by atoms with van der Waals surface area (Å²) < 4.78 is 0. The number of carbonyl (C=O) groups is 2. The SMILES string of the molecule is CCC(=O)CC(=O)c1cscn1. The van der Waals surface area contributed by atoms with Crippen molar-refractivity contribution in [3.63, 3.8) is 0 Å². The maximum Gasteiger partial charge on any atom is 0.189 e. The fourth-order valence-electron chi connectivity index (χ4n) is 0.745. The van der Waals surface area contributed by atoms with E-state index in [0.717, 1.165) is 0 Å². The number of aromatic nitrogens is 1. The molecule has 0 spiro atoms. The van der Waals surface area contributed by atoms with Crippen molar-refractivity contribution >= 4 is 22.9 Å². The zero-order chi connectivity index (χ0) is 8.97. The lowest BCUT2D eigenvalue weighted by Gasteiger charge is -1.92. The van der Waals surface area contributed by atoms with E-state index in [-0.39, 0.29) is 18.0 Å². The van der Waals surface area contributed by atoms with Gasteiger partial charge in [0.2, 0.25) is 0 Å². The van der Waals surface area contributed by atoms with Gasteiger partial charge in [-0.15, -0.1) is 11.3 Å². The standard InChI is InChI=1S/C8H9NO2S/c1-2-6(10)3-8(11)7-4-12-5-9-7/h4-5H,2-3H2,1H3. The van der Waals surface area contributed by atoms with Crippen LogP contribution in [-0.2, 0) is 4.79 Å². The summed E-state index contributed by atoms with van der Waals surface area (Å²) in [5.41, 5.74) is 1.99. The van der Waals surface area contributed by atoms with Gasteiger partial charge in [0, 0.05) is 11.8 Å². The van der Waals surface area contributed by atoms with Gasteiger partial charge in [0.25, 0.3) is 0 Å². The lowest BCUT2D eigenvalue weighted by molar-refractivity contribution is -0.117. The first kappa shape index (κ1) is 9.06. The van der Waals surface area contributed by atoms with Crippen molar-refractivity contribution < 1.29 is 9.59 Å². The average Bonchev–Trinajstić information content (AvgIpc) is 2.56. The summed E-state index contributed by atoms with van der Waals surface area (Å²) in [6.07, 6.45) is 0.399. The lowest BCUT2D eigenvalue weighted by atomic mass is 10.1. The Morgan fingerprint density at radius 3 is 2.83 bits per heavy atom. The van der Waals surface area contributed by atoms with E-state index in [4.69, 9.17) is 0 Å². The summed E-state index contributed by atoms with van der Waals surface area (Å²) in [4.78, 5) is 25.9. The molecule has 12 heavy (non-hydrogen) atoms. The molecule has 0 saturated carbocycles. The van der Waals surface area contributed by atoms with Crippen LogP contribution in [0.15, 0.2) is 10.9 Å². The summed E-state index contributed by atoms with van der Waals surface area (Å²) in [7, 11) is 0. The molecule has 64 valence electrons. The van der Waals surface area contributed by atoms with Crippen molar-refractivity contribution in [2.45, 2.75) is 19.8 Å². The molecular formula is C8H9NO2S. The first-order chi connectivity index (χ1) is 5.74. The highest BCUT2D eigenvalue weighted by Crippen LogP contribution is 2.05. The Balaban J connectivity index is 2.56. The average molecular weight is 183 g/mol. The van der Waals surface area contributed by atoms with Crippen LogP contribution in [0.1, 0.15) is 30.3 Å². The molecule has 0 aliphatic heterocycles. The van der Waals surface area contributed by atoms with E-state index in [1.165, 1.54) is 11.3 Å². The van der Waals surface area contributed by atoms with Crippen LogP contribution in [0, 0.1) is 0 Å². The molecular weight excluding hydrogens is 174 g/mol. The molecule has 0 aliphatic rings. The van der Waals surface area contributed by atoms with Crippen molar-refractivity contribution in [3.05, 3.63) is 16.6 Å². The Hall–Kier alpha value is -1.03. The third kappa shape index (κ3) is 2.23. The summed E-state index contributed by atoms with van der Waals surface area (Å²) in [5.74, 6) is -0.212. The molecule has 0 atom stereocenters. The monoisotopic (exact) mass is 183 g/mol. The third-order valence-corrected chi connectivity index (χ3v) is 2.06. The van der Waals surface area contributed by atoms with E-state index in [9.17, 15) is 9.59 Å². The summed E-state index contributed by atoms with van der Waals surface area (Å²) in [5, 5.41) is 1.66. The molecule has 0 saturated heterocycles. The predicted octanol–water partition coefficient (Wildman–Crippen LogP) is 1.70. The number of Topliss-reactive ketones (excluding diaryl/α,β-unsaturated/α-hetero) is 2. The van der Waals surface area contributed by atoms with Gasteiger partial charge >= 0.3 is 0 Å². The molecule has 1 heterocycles. The van der Waals surface area contributed by atoms with Crippen LogP contribution in [0.4, 0.5) is 0 Å². The molecule has 0 aliphatic carbocycles. The van der Waals surface area contributed by atoms with Crippen molar-refractivity contribution in [2.24, 2.45) is 0 Å². The van der Waals surface area contributed by atoms with Gasteiger partial charge in [-0.3, -0.25) is 9.59 Å². The van der Waals surface area contributed by atoms with Gasteiger partial charge in [0.15, 0.2) is 5.78 Å². The van der Waals surface area contributed by atoms with E-state index < -0.39 is 0 Å². The van der Waals surface area contributed by atoms with Gasteiger partial charge in [-0.05, 0) is 0 Å². The highest BCUT2D eigenvalue weighted by molar-refractivity contribution is 7.07. The van der Waals surface area contributed by atoms with Crippen molar-refractivity contribution in [1.82, 2.24) is 4.98 Å². The minimum absolute atomic E-state index is 0.0137. The largest absolute Gasteiger partial charge is 0.299 e. The molecule has 0 unspecified atom stereocenters. The smallest absolute Gasteiger partial charge is 0.189 e. The number of ketones is 2. The van der Waals surface area contributed by atoms with Gasteiger partial charge < -0.3 is 0 Å². The Kier molecular flexibility index (Phi) is 3.10. The van der Waals surface area contributed by atoms with Gasteiger partial charge in [-0.25, -0.2) is 4.98 Å². The molecule has 4 heteroatoms. The highest BCUT2D eigenvalue weighted by Gasteiger charge is 2.11. The van der Waals surface area contributed by atoms with Gasteiger partial charge in [-0.2, -0.15) is 0 Å². The number of hydrogen-bond donors (Lipinski definition) is 0. The molecule has 0 radical (unpaired) electrons. The third-order valence-electron chi connectivity index (χ3n) is 1.47. The summed E-state index contributed by atoms with van der Waals surface area (Å²) in [6, 6.07) is 0. The molecule has 0 N–H and O–H groups in total. The normalized spacial score (nSPS) is 9.75. The van der Waals surface area contributed by atoms with Crippen LogP contribution in [0.5, 0.6) is 0 Å². The Morgan fingerprint density at radius 1 is 1.58 bits per heavy atom. The Morgan fingerprint density at radius 2 is 2.33 bits per heavy atom. The highest BCUT2D eigenvalue weighted by atomic mass is 32.1. The van der Waals surface area contributed by atoms with Crippen LogP contribution in [-0.4, -0.2) is 16.6 Å². The van der Waals surface area contributed by atoms with Crippen LogP contribution in [0.25, 0.3) is 0 Å². The zero-order valence-corrected chi connectivity index (χ0v) is 7.56. The number of nitrogens with zero attached hydrogens (tertiary/aromatic N) is 1. The van der Waals surface area contributed by atoms with E-state index in [2.05, 4.69) is 4.98 Å². The topological polar surface area (TPSA) is 47.0 Å². The van der Waals surface area contributed by atoms with Gasteiger partial charge in [-0.1, -0.05) is 6.92 Å². The Bertz CT molecular complexity index is 279. The fraction of sp³-hybridized carbons (Fsp3) is 0.375. The van der Waals surface area contributed by atoms with Crippen LogP contribution >= 0.6 is 11.3 Å². The fourth-order valence-corrected chi connectivity index (χ4v) is 1.30. The van der Waals surface area contributed by atoms with Gasteiger partial charge in [0.1, 0.15) is 11.5 Å². The first-order valence-electron chi connectivity index (χ1n) is 3.67. The molecule has 1 rings (SSSR count). The molecule has 3 nitrogen and oxygen atoms in total. The summed E-state index contributed by atoms with van der Waals surface area (Å²) in [6.45, 7) is 1.75. The molecule has 1 aromatic heterocycles. The number of thiazole rings is 1. The quantitative estimate of drug-likeness (QED) is 0.527. The van der Waals surface area contributed by atoms with Crippen molar-refractivity contribution in [1.29, 1.82) is 0 Å². The second-order valence-corrected chi connectivity index (χ2v) is 3.08. The molecule has 0 fully saturated rings. The second kappa shape index (κ2) is 4.11. The van der Waals surface area contributed by atoms with Crippen LogP contribution in [0.2, 0.25) is 0 Å². The van der Waals surface area contributed by atoms with Gasteiger partial charge in [0.05, 0.1) is 11.9 Å². The maximum absolute atomic E-state index is 11.2. The first-order valence-corrected chi connectivity index (χ1v) is 4.61. The second-order valence-electron chi connectivity index (χ2n) is 2.37. The van der Waals surface area contributed by atoms with E-state index in [1.807, 2.05) is 0 Å². The predicted molar refractivity (Wildman–Crippen MR) is 46.4 cm³/mol. The van der Waals surface area contributed by atoms with Crippen LogP contribution in [0.3, 0.4) is 0 Å². The molecule has 0 aromatic carbocycles. The van der Waals surface area contributed by atoms with E-state index >= 15 is 0 Å². The van der Waals surface area contributed by atoms with Crippen LogP contribution < -0.4 is 0 Å². The minimum atomic E-state index is -0.178. The number of hydrogen-bond acceptors (Lipinski definition) is 4. The van der Waals surface area contributed by atoms with E-state index in [1.54, 1.807) is 17.8 Å². The summed E-state index contributed by atoms with van der Waals surface area (Å²) >= 11 is 1.36. The minimum Gasteiger partial charge on any atom is -0.299 e. The zero-order valence-electron chi connectivity index (χ0n) is 6.74. The molecule has 0 amide bonds. The maximum atomic E-state index is 11.2. The number of carbonyl (C=O) groups excluding carboxylic acids is 2. The van der Waals surface area contributed by atoms with Crippen molar-refractivity contribution in [3.8, 4) is 0 Å².